The molecule has 1 aliphatic rings. The van der Waals surface area contributed by atoms with E-state index in [1.54, 1.807) is 11.8 Å². The molecule has 1 aliphatic heterocycles. The highest BCUT2D eigenvalue weighted by molar-refractivity contribution is 7.99. The first-order valence-electron chi connectivity index (χ1n) is 11.1. The van der Waals surface area contributed by atoms with Gasteiger partial charge in [-0.3, -0.25) is 9.69 Å². The predicted molar refractivity (Wildman–Crippen MR) is 128 cm³/mol. The number of morpholine rings is 1. The largest absolute Gasteiger partial charge is 0.494 e. The average molecular weight is 452 g/mol. The van der Waals surface area contributed by atoms with Crippen molar-refractivity contribution < 1.29 is 14.3 Å². The van der Waals surface area contributed by atoms with E-state index in [1.807, 2.05) is 61.5 Å². The van der Waals surface area contributed by atoms with Gasteiger partial charge in [-0.2, -0.15) is 0 Å². The summed E-state index contributed by atoms with van der Waals surface area (Å²) in [5.41, 5.74) is 1.48. The topological polar surface area (TPSA) is 63.7 Å². The fourth-order valence-electron chi connectivity index (χ4n) is 3.71. The van der Waals surface area contributed by atoms with Crippen LogP contribution in [-0.2, 0) is 4.74 Å². The average Bonchev–Trinajstić information content (AvgIpc) is 2.83. The third-order valence-electron chi connectivity index (χ3n) is 5.33. The molecule has 0 atom stereocenters. The van der Waals surface area contributed by atoms with Crippen LogP contribution < -0.4 is 10.1 Å². The summed E-state index contributed by atoms with van der Waals surface area (Å²) >= 11 is 1.54. The summed E-state index contributed by atoms with van der Waals surface area (Å²) in [6.45, 7) is 7.76. The smallest absolute Gasteiger partial charge is 0.252 e. The van der Waals surface area contributed by atoms with E-state index >= 15 is 0 Å². The van der Waals surface area contributed by atoms with Gasteiger partial charge in [-0.1, -0.05) is 30.0 Å². The standard InChI is InChI=1S/C25H29N3O3S/c1-2-31-19-8-10-20(11-9-19)32-24-18-22(21-6-3-4-7-23(21)27-24)25(29)26-12-5-13-28-14-16-30-17-15-28/h3-4,6-11,18H,2,5,12-17H2,1H3,(H,26,29). The van der Waals surface area contributed by atoms with Crippen LogP contribution in [0.3, 0.4) is 0 Å². The number of nitrogens with one attached hydrogen (secondary N) is 1. The van der Waals surface area contributed by atoms with E-state index in [2.05, 4.69) is 10.2 Å². The van der Waals surface area contributed by atoms with Crippen molar-refractivity contribution in [3.8, 4) is 5.75 Å². The molecule has 1 N–H and O–H groups in total. The maximum Gasteiger partial charge on any atom is 0.252 e. The minimum Gasteiger partial charge on any atom is -0.494 e. The van der Waals surface area contributed by atoms with E-state index in [1.165, 1.54) is 0 Å². The second-order valence-corrected chi connectivity index (χ2v) is 8.69. The van der Waals surface area contributed by atoms with Gasteiger partial charge in [-0.05, 0) is 56.3 Å². The van der Waals surface area contributed by atoms with Crippen LogP contribution in [0.15, 0.2) is 64.5 Å². The quantitative estimate of drug-likeness (QED) is 0.491. The van der Waals surface area contributed by atoms with Crippen LogP contribution >= 0.6 is 11.8 Å². The SMILES string of the molecule is CCOc1ccc(Sc2cc(C(=O)NCCCN3CCOCC3)c3ccccc3n2)cc1. The Morgan fingerprint density at radius 2 is 1.94 bits per heavy atom. The lowest BCUT2D eigenvalue weighted by molar-refractivity contribution is 0.0374. The van der Waals surface area contributed by atoms with Gasteiger partial charge in [0.25, 0.3) is 5.91 Å². The number of carbonyl (C=O) groups excluding carboxylic acids is 1. The van der Waals surface area contributed by atoms with E-state index in [-0.39, 0.29) is 5.91 Å². The zero-order chi connectivity index (χ0) is 22.2. The highest BCUT2D eigenvalue weighted by Gasteiger charge is 2.14. The van der Waals surface area contributed by atoms with E-state index in [0.717, 1.165) is 65.8 Å². The second kappa shape index (κ2) is 11.3. The first kappa shape index (κ1) is 22.6. The molecule has 3 aromatic rings. The minimum absolute atomic E-state index is 0.0564. The van der Waals surface area contributed by atoms with Crippen LogP contribution in [0.2, 0.25) is 0 Å². The molecule has 0 spiro atoms. The van der Waals surface area contributed by atoms with Gasteiger partial charge in [-0.15, -0.1) is 0 Å². The van der Waals surface area contributed by atoms with Crippen LogP contribution in [0.4, 0.5) is 0 Å². The predicted octanol–water partition coefficient (Wildman–Crippen LogP) is 4.24. The second-order valence-electron chi connectivity index (χ2n) is 7.60. The molecule has 2 heterocycles. The number of carbonyl (C=O) groups is 1. The van der Waals surface area contributed by atoms with E-state index in [0.29, 0.717) is 18.7 Å². The number of hydrogen-bond donors (Lipinski definition) is 1. The number of fused-ring (bicyclic) bond motifs is 1. The number of benzene rings is 2. The Bertz CT molecular complexity index is 1040. The lowest BCUT2D eigenvalue weighted by atomic mass is 10.1. The summed E-state index contributed by atoms with van der Waals surface area (Å²) in [6.07, 6.45) is 0.919. The van der Waals surface area contributed by atoms with Crippen LogP contribution in [0, 0.1) is 0 Å². The molecular weight excluding hydrogens is 422 g/mol. The normalized spacial score (nSPS) is 14.4. The fourth-order valence-corrected chi connectivity index (χ4v) is 4.54. The summed E-state index contributed by atoms with van der Waals surface area (Å²) in [5, 5.41) is 4.76. The van der Waals surface area contributed by atoms with E-state index < -0.39 is 0 Å². The van der Waals surface area contributed by atoms with Crippen molar-refractivity contribution in [2.75, 3.05) is 46.0 Å². The number of rotatable bonds is 9. The zero-order valence-electron chi connectivity index (χ0n) is 18.4. The van der Waals surface area contributed by atoms with E-state index in [4.69, 9.17) is 14.5 Å². The van der Waals surface area contributed by atoms with Crippen LogP contribution in [0.5, 0.6) is 5.75 Å². The molecule has 0 radical (unpaired) electrons. The number of nitrogens with zero attached hydrogens (tertiary/aromatic N) is 2. The molecule has 0 aliphatic carbocycles. The van der Waals surface area contributed by atoms with Gasteiger partial charge in [0.1, 0.15) is 10.8 Å². The Balaban J connectivity index is 1.44. The summed E-state index contributed by atoms with van der Waals surface area (Å²) < 4.78 is 10.9. The van der Waals surface area contributed by atoms with Crippen LogP contribution in [0.1, 0.15) is 23.7 Å². The van der Waals surface area contributed by atoms with Gasteiger partial charge >= 0.3 is 0 Å². The number of aromatic nitrogens is 1. The summed E-state index contributed by atoms with van der Waals surface area (Å²) in [7, 11) is 0. The zero-order valence-corrected chi connectivity index (χ0v) is 19.2. The molecule has 168 valence electrons. The summed E-state index contributed by atoms with van der Waals surface area (Å²) in [5.74, 6) is 0.791. The van der Waals surface area contributed by atoms with Crippen LogP contribution in [0.25, 0.3) is 10.9 Å². The molecular formula is C25H29N3O3S. The molecule has 7 heteroatoms. The molecule has 1 fully saturated rings. The third-order valence-corrected chi connectivity index (χ3v) is 6.26. The highest BCUT2D eigenvalue weighted by atomic mass is 32.2. The van der Waals surface area contributed by atoms with Crippen molar-refractivity contribution in [2.24, 2.45) is 0 Å². The van der Waals surface area contributed by atoms with Gasteiger partial charge in [0.2, 0.25) is 0 Å². The Kier molecular flexibility index (Phi) is 7.98. The molecule has 0 bridgehead atoms. The van der Waals surface area contributed by atoms with Crippen molar-refractivity contribution in [1.29, 1.82) is 0 Å². The van der Waals surface area contributed by atoms with Crippen molar-refractivity contribution in [3.05, 3.63) is 60.2 Å². The van der Waals surface area contributed by atoms with Gasteiger partial charge in [0.05, 0.1) is 30.9 Å². The van der Waals surface area contributed by atoms with Crippen molar-refractivity contribution in [3.63, 3.8) is 0 Å². The summed E-state index contributed by atoms with van der Waals surface area (Å²) in [4.78, 5) is 21.2. The van der Waals surface area contributed by atoms with Crippen molar-refractivity contribution in [2.45, 2.75) is 23.3 Å². The van der Waals surface area contributed by atoms with Crippen molar-refractivity contribution >= 4 is 28.6 Å². The highest BCUT2D eigenvalue weighted by Crippen LogP contribution is 2.31. The number of ether oxygens (including phenoxy) is 2. The minimum atomic E-state index is -0.0564. The lowest BCUT2D eigenvalue weighted by Crippen LogP contribution is -2.38. The molecule has 1 aromatic heterocycles. The molecule has 1 amide bonds. The molecule has 6 nitrogen and oxygen atoms in total. The Morgan fingerprint density at radius 1 is 1.16 bits per heavy atom. The van der Waals surface area contributed by atoms with Gasteiger partial charge < -0.3 is 14.8 Å². The molecule has 1 saturated heterocycles. The lowest BCUT2D eigenvalue weighted by Gasteiger charge is -2.26. The first-order valence-corrected chi connectivity index (χ1v) is 11.9. The molecule has 4 rings (SSSR count). The maximum atomic E-state index is 13.0. The number of amides is 1. The Morgan fingerprint density at radius 3 is 2.72 bits per heavy atom. The van der Waals surface area contributed by atoms with E-state index in [9.17, 15) is 4.79 Å². The molecule has 2 aromatic carbocycles. The number of para-hydroxylation sites is 1. The number of pyridine rings is 1. The van der Waals surface area contributed by atoms with Gasteiger partial charge in [0.15, 0.2) is 0 Å². The monoisotopic (exact) mass is 451 g/mol. The van der Waals surface area contributed by atoms with Gasteiger partial charge in [0, 0.05) is 29.9 Å². The Hall–Kier alpha value is -2.61. The number of hydrogen-bond acceptors (Lipinski definition) is 6. The van der Waals surface area contributed by atoms with Gasteiger partial charge in [-0.25, -0.2) is 4.98 Å². The summed E-state index contributed by atoms with van der Waals surface area (Å²) in [6, 6.07) is 17.6. The first-order chi connectivity index (χ1) is 15.7. The van der Waals surface area contributed by atoms with Crippen LogP contribution in [-0.4, -0.2) is 61.8 Å². The van der Waals surface area contributed by atoms with Crippen molar-refractivity contribution in [1.82, 2.24) is 15.2 Å². The molecule has 0 saturated carbocycles. The maximum absolute atomic E-state index is 13.0. The Labute approximate surface area is 193 Å². The molecule has 32 heavy (non-hydrogen) atoms. The molecule has 0 unspecified atom stereocenters. The third kappa shape index (κ3) is 6.00. The fraction of sp³-hybridized carbons (Fsp3) is 0.360.